The second-order valence-electron chi connectivity index (χ2n) is 5.96. The van der Waals surface area contributed by atoms with Gasteiger partial charge >= 0.3 is 0 Å². The molecule has 0 saturated carbocycles. The first-order valence-corrected chi connectivity index (χ1v) is 8.14. The van der Waals surface area contributed by atoms with Crippen molar-refractivity contribution in [3.63, 3.8) is 0 Å². The maximum absolute atomic E-state index is 12.1. The van der Waals surface area contributed by atoms with Crippen LogP contribution in [0.15, 0.2) is 55.2 Å². The number of anilines is 1. The maximum Gasteiger partial charge on any atom is 0.230 e. The number of fused-ring (bicyclic) bond motifs is 1. The highest BCUT2D eigenvalue weighted by Crippen LogP contribution is 2.23. The van der Waals surface area contributed by atoms with Crippen molar-refractivity contribution in [1.29, 1.82) is 0 Å². The van der Waals surface area contributed by atoms with Gasteiger partial charge in [-0.15, -0.1) is 0 Å². The fraction of sp³-hybridized carbons (Fsp3) is 0.105. The Morgan fingerprint density at radius 1 is 1.08 bits per heavy atom. The van der Waals surface area contributed by atoms with Crippen molar-refractivity contribution in [2.24, 2.45) is 0 Å². The van der Waals surface area contributed by atoms with Crippen LogP contribution >= 0.6 is 0 Å². The summed E-state index contributed by atoms with van der Waals surface area (Å²) in [6, 6.07) is 9.62. The summed E-state index contributed by atoms with van der Waals surface area (Å²) in [5.41, 5.74) is 4.96. The summed E-state index contributed by atoms with van der Waals surface area (Å²) in [6.07, 6.45) is 6.75. The fourth-order valence-electron chi connectivity index (χ4n) is 2.64. The van der Waals surface area contributed by atoms with Crippen LogP contribution in [0.25, 0.3) is 22.3 Å². The standard InChI is InChI=1S/C19H16N6O/c1-12-8-22-16(10-21-12)7-18(26)24-15-4-2-13(3-5-15)17-6-14-9-20-11-23-19(14)25-17/h2-6,8-11H,7H2,1H3,(H,24,26)(H,20,23,25). The van der Waals surface area contributed by atoms with Gasteiger partial charge in [-0.25, -0.2) is 9.97 Å². The lowest BCUT2D eigenvalue weighted by atomic mass is 10.1. The molecular weight excluding hydrogens is 328 g/mol. The number of carbonyl (C=O) groups excluding carboxylic acids is 1. The van der Waals surface area contributed by atoms with E-state index in [2.05, 4.69) is 30.2 Å². The largest absolute Gasteiger partial charge is 0.339 e. The summed E-state index contributed by atoms with van der Waals surface area (Å²) >= 11 is 0. The molecule has 0 saturated heterocycles. The monoisotopic (exact) mass is 344 g/mol. The normalized spacial score (nSPS) is 10.8. The Balaban J connectivity index is 1.45. The van der Waals surface area contributed by atoms with Gasteiger partial charge in [0.25, 0.3) is 0 Å². The Kier molecular flexibility index (Phi) is 4.10. The molecule has 0 bridgehead atoms. The third kappa shape index (κ3) is 3.41. The van der Waals surface area contributed by atoms with Gasteiger partial charge in [0.1, 0.15) is 12.0 Å². The zero-order valence-corrected chi connectivity index (χ0v) is 14.1. The molecular formula is C19H16N6O. The third-order valence-corrected chi connectivity index (χ3v) is 3.95. The molecule has 1 aromatic carbocycles. The number of rotatable bonds is 4. The molecule has 0 unspecified atom stereocenters. The SMILES string of the molecule is Cc1cnc(CC(=O)Nc2ccc(-c3cc4cncnc4[nH]3)cc2)cn1. The number of H-pyrrole nitrogens is 1. The zero-order chi connectivity index (χ0) is 17.9. The average Bonchev–Trinajstić information content (AvgIpc) is 3.08. The van der Waals surface area contributed by atoms with E-state index >= 15 is 0 Å². The van der Waals surface area contributed by atoms with Gasteiger partial charge in [0.05, 0.1) is 17.8 Å². The number of aromatic amines is 1. The molecule has 1 amide bonds. The van der Waals surface area contributed by atoms with E-state index in [9.17, 15) is 4.79 Å². The average molecular weight is 344 g/mol. The Bertz CT molecular complexity index is 1020. The highest BCUT2D eigenvalue weighted by molar-refractivity contribution is 5.92. The van der Waals surface area contributed by atoms with Crippen molar-refractivity contribution >= 4 is 22.6 Å². The molecule has 0 spiro atoms. The van der Waals surface area contributed by atoms with Gasteiger partial charge < -0.3 is 10.3 Å². The number of aryl methyl sites for hydroxylation is 1. The highest BCUT2D eigenvalue weighted by atomic mass is 16.1. The molecule has 4 rings (SSSR count). The summed E-state index contributed by atoms with van der Waals surface area (Å²) in [4.78, 5) is 31.9. The molecule has 26 heavy (non-hydrogen) atoms. The van der Waals surface area contributed by atoms with Gasteiger partial charge in [0.2, 0.25) is 5.91 Å². The Hall–Kier alpha value is -3.61. The number of hydrogen-bond acceptors (Lipinski definition) is 5. The first-order chi connectivity index (χ1) is 12.7. The van der Waals surface area contributed by atoms with E-state index in [1.54, 1.807) is 18.6 Å². The fourth-order valence-corrected chi connectivity index (χ4v) is 2.64. The Labute approximate surface area is 149 Å². The van der Waals surface area contributed by atoms with Gasteiger partial charge in [0.15, 0.2) is 0 Å². The number of nitrogens with one attached hydrogen (secondary N) is 2. The van der Waals surface area contributed by atoms with Gasteiger partial charge in [0, 0.05) is 35.4 Å². The second kappa shape index (κ2) is 6.72. The van der Waals surface area contributed by atoms with Gasteiger partial charge in [-0.05, 0) is 30.7 Å². The molecule has 0 aliphatic heterocycles. The van der Waals surface area contributed by atoms with Crippen LogP contribution in [0.1, 0.15) is 11.4 Å². The van der Waals surface area contributed by atoms with E-state index in [1.165, 1.54) is 6.33 Å². The minimum Gasteiger partial charge on any atom is -0.339 e. The maximum atomic E-state index is 12.1. The van der Waals surface area contributed by atoms with Crippen LogP contribution in [0.2, 0.25) is 0 Å². The molecule has 3 aromatic heterocycles. The van der Waals surface area contributed by atoms with Crippen molar-refractivity contribution in [2.75, 3.05) is 5.32 Å². The van der Waals surface area contributed by atoms with E-state index in [0.29, 0.717) is 5.69 Å². The predicted octanol–water partition coefficient (Wildman–Crippen LogP) is 2.90. The van der Waals surface area contributed by atoms with Crippen LogP contribution in [-0.4, -0.2) is 30.8 Å². The molecule has 0 radical (unpaired) electrons. The number of aromatic nitrogens is 5. The summed E-state index contributed by atoms with van der Waals surface area (Å²) < 4.78 is 0. The van der Waals surface area contributed by atoms with Crippen LogP contribution in [0, 0.1) is 6.92 Å². The van der Waals surface area contributed by atoms with Gasteiger partial charge in [-0.2, -0.15) is 0 Å². The van der Waals surface area contributed by atoms with Crippen molar-refractivity contribution in [1.82, 2.24) is 24.9 Å². The van der Waals surface area contributed by atoms with Crippen molar-refractivity contribution in [3.8, 4) is 11.3 Å². The molecule has 7 nitrogen and oxygen atoms in total. The molecule has 0 aliphatic rings. The van der Waals surface area contributed by atoms with Gasteiger partial charge in [-0.3, -0.25) is 14.8 Å². The first-order valence-electron chi connectivity index (χ1n) is 8.14. The number of hydrogen-bond donors (Lipinski definition) is 2. The van der Waals surface area contributed by atoms with E-state index in [1.807, 2.05) is 37.3 Å². The number of amides is 1. The van der Waals surface area contributed by atoms with E-state index < -0.39 is 0 Å². The van der Waals surface area contributed by atoms with Gasteiger partial charge in [-0.1, -0.05) is 12.1 Å². The molecule has 4 aromatic rings. The minimum absolute atomic E-state index is 0.128. The first kappa shape index (κ1) is 15.9. The zero-order valence-electron chi connectivity index (χ0n) is 14.1. The summed E-state index contributed by atoms with van der Waals surface area (Å²) in [7, 11) is 0. The molecule has 0 aliphatic carbocycles. The Morgan fingerprint density at radius 3 is 2.65 bits per heavy atom. The molecule has 0 fully saturated rings. The summed E-state index contributed by atoms with van der Waals surface area (Å²) in [5.74, 6) is -0.128. The van der Waals surface area contributed by atoms with Crippen LogP contribution < -0.4 is 5.32 Å². The summed E-state index contributed by atoms with van der Waals surface area (Å²) in [6.45, 7) is 1.86. The molecule has 0 atom stereocenters. The third-order valence-electron chi connectivity index (χ3n) is 3.95. The molecule has 128 valence electrons. The number of benzene rings is 1. The van der Waals surface area contributed by atoms with Crippen LogP contribution in [-0.2, 0) is 11.2 Å². The lowest BCUT2D eigenvalue weighted by Crippen LogP contribution is -2.15. The quantitative estimate of drug-likeness (QED) is 0.593. The number of carbonyl (C=O) groups is 1. The lowest BCUT2D eigenvalue weighted by molar-refractivity contribution is -0.115. The van der Waals surface area contributed by atoms with Crippen molar-refractivity contribution < 1.29 is 4.79 Å². The topological polar surface area (TPSA) is 96.5 Å². The van der Waals surface area contributed by atoms with Crippen LogP contribution in [0.5, 0.6) is 0 Å². The molecule has 2 N–H and O–H groups in total. The number of nitrogens with zero attached hydrogens (tertiary/aromatic N) is 4. The van der Waals surface area contributed by atoms with E-state index in [0.717, 1.165) is 33.7 Å². The predicted molar refractivity (Wildman–Crippen MR) is 98.4 cm³/mol. The van der Waals surface area contributed by atoms with E-state index in [4.69, 9.17) is 0 Å². The Morgan fingerprint density at radius 2 is 1.92 bits per heavy atom. The molecule has 3 heterocycles. The summed E-state index contributed by atoms with van der Waals surface area (Å²) in [5, 5.41) is 3.83. The van der Waals surface area contributed by atoms with Crippen molar-refractivity contribution in [2.45, 2.75) is 13.3 Å². The van der Waals surface area contributed by atoms with Crippen LogP contribution in [0.4, 0.5) is 5.69 Å². The second-order valence-corrected chi connectivity index (χ2v) is 5.96. The lowest BCUT2D eigenvalue weighted by Gasteiger charge is -2.06. The highest BCUT2D eigenvalue weighted by Gasteiger charge is 2.07. The smallest absolute Gasteiger partial charge is 0.230 e. The van der Waals surface area contributed by atoms with E-state index in [-0.39, 0.29) is 12.3 Å². The van der Waals surface area contributed by atoms with Crippen LogP contribution in [0.3, 0.4) is 0 Å². The minimum atomic E-state index is -0.128. The van der Waals surface area contributed by atoms with Crippen molar-refractivity contribution in [3.05, 3.63) is 66.6 Å². The molecule has 7 heteroatoms.